The van der Waals surface area contributed by atoms with Gasteiger partial charge in [-0.3, -0.25) is 14.5 Å². The molecule has 0 bridgehead atoms. The summed E-state index contributed by atoms with van der Waals surface area (Å²) in [6.45, 7) is 0. The average molecular weight is 452 g/mol. The van der Waals surface area contributed by atoms with E-state index in [1.54, 1.807) is 31.3 Å². The number of amidine groups is 1. The molecule has 0 spiro atoms. The van der Waals surface area contributed by atoms with Gasteiger partial charge in [0.05, 0.1) is 11.3 Å². The van der Waals surface area contributed by atoms with Gasteiger partial charge >= 0.3 is 5.97 Å². The van der Waals surface area contributed by atoms with Crippen molar-refractivity contribution in [3.8, 4) is 0 Å². The molecule has 1 aliphatic rings. The molecule has 1 fully saturated rings. The number of amides is 2. The zero-order valence-electron chi connectivity index (χ0n) is 15.1. The molecular weight excluding hydrogens is 437 g/mol. The molecule has 1 saturated heterocycles. The number of carbonyl (C=O) groups is 3. The van der Waals surface area contributed by atoms with Crippen molar-refractivity contribution in [1.82, 2.24) is 4.90 Å². The number of benzene rings is 2. The minimum atomic E-state index is -1.10. The van der Waals surface area contributed by atoms with Gasteiger partial charge in [0.2, 0.25) is 11.8 Å². The van der Waals surface area contributed by atoms with Gasteiger partial charge in [0.25, 0.3) is 0 Å². The molecule has 1 heterocycles. The average Bonchev–Trinajstić information content (AvgIpc) is 2.64. The molecule has 10 heteroatoms. The minimum Gasteiger partial charge on any atom is -0.478 e. The Morgan fingerprint density at radius 3 is 2.55 bits per heavy atom. The van der Waals surface area contributed by atoms with Crippen molar-refractivity contribution in [2.24, 2.45) is 4.99 Å². The number of aliphatic imine (C=N–C) groups is 1. The van der Waals surface area contributed by atoms with Crippen molar-refractivity contribution in [3.05, 3.63) is 58.1 Å². The third-order valence-corrected chi connectivity index (χ3v) is 5.69. The molecule has 2 aromatic carbocycles. The number of anilines is 1. The molecule has 0 aromatic heterocycles. The number of carbonyl (C=O) groups excluding carboxylic acids is 2. The SMILES string of the molecule is CN1C(=O)CC(C(=O)Nc2cccc(C(=O)O)c2)SC1=Nc1cc(Cl)cc(Cl)c1. The second-order valence-corrected chi connectivity index (χ2v) is 8.20. The maximum Gasteiger partial charge on any atom is 0.335 e. The fourth-order valence-electron chi connectivity index (χ4n) is 2.56. The predicted molar refractivity (Wildman–Crippen MR) is 114 cm³/mol. The number of hydrogen-bond acceptors (Lipinski definition) is 5. The van der Waals surface area contributed by atoms with E-state index in [0.29, 0.717) is 26.6 Å². The van der Waals surface area contributed by atoms with E-state index in [1.165, 1.54) is 23.1 Å². The molecule has 1 aliphatic heterocycles. The highest BCUT2D eigenvalue weighted by Crippen LogP contribution is 2.31. The first-order valence-electron chi connectivity index (χ1n) is 8.35. The summed E-state index contributed by atoms with van der Waals surface area (Å²) in [6, 6.07) is 10.6. The van der Waals surface area contributed by atoms with E-state index in [4.69, 9.17) is 28.3 Å². The van der Waals surface area contributed by atoms with Crippen LogP contribution in [0, 0.1) is 0 Å². The molecular formula is C19H15Cl2N3O4S. The standard InChI is InChI=1S/C19H15Cl2N3O4S/c1-24-16(25)9-15(17(26)22-13-4-2-3-10(5-13)18(27)28)29-19(24)23-14-7-11(20)6-12(21)8-14/h2-8,15H,9H2,1H3,(H,22,26)(H,27,28). The number of carboxylic acid groups (broad SMARTS) is 1. The molecule has 7 nitrogen and oxygen atoms in total. The zero-order valence-corrected chi connectivity index (χ0v) is 17.4. The third-order valence-electron chi connectivity index (χ3n) is 4.01. The number of rotatable bonds is 4. The predicted octanol–water partition coefficient (Wildman–Crippen LogP) is 4.28. The summed E-state index contributed by atoms with van der Waals surface area (Å²) in [6.07, 6.45) is -0.0130. The lowest BCUT2D eigenvalue weighted by atomic mass is 10.2. The number of hydrogen-bond donors (Lipinski definition) is 2. The number of halogens is 2. The van der Waals surface area contributed by atoms with E-state index in [0.717, 1.165) is 11.8 Å². The number of carboxylic acids is 1. The van der Waals surface area contributed by atoms with Crippen LogP contribution >= 0.6 is 35.0 Å². The van der Waals surface area contributed by atoms with Gasteiger partial charge in [0.1, 0.15) is 5.25 Å². The Labute approximate surface area is 180 Å². The Hall–Kier alpha value is -2.55. The lowest BCUT2D eigenvalue weighted by molar-refractivity contribution is -0.128. The van der Waals surface area contributed by atoms with Crippen LogP contribution in [0.3, 0.4) is 0 Å². The largest absolute Gasteiger partial charge is 0.478 e. The monoisotopic (exact) mass is 451 g/mol. The first-order chi connectivity index (χ1) is 13.7. The maximum atomic E-state index is 12.7. The van der Waals surface area contributed by atoms with Crippen LogP contribution < -0.4 is 5.32 Å². The van der Waals surface area contributed by atoms with Crippen LogP contribution in [0.2, 0.25) is 10.0 Å². The topological polar surface area (TPSA) is 99.1 Å². The normalized spacial score (nSPS) is 18.0. The lowest BCUT2D eigenvalue weighted by Gasteiger charge is -2.28. The zero-order chi connectivity index (χ0) is 21.1. The van der Waals surface area contributed by atoms with E-state index in [1.807, 2.05) is 0 Å². The highest BCUT2D eigenvalue weighted by Gasteiger charge is 2.34. The van der Waals surface area contributed by atoms with Crippen molar-refractivity contribution < 1.29 is 19.5 Å². The summed E-state index contributed by atoms with van der Waals surface area (Å²) in [5, 5.41) is 12.1. The van der Waals surface area contributed by atoms with E-state index in [2.05, 4.69) is 10.3 Å². The highest BCUT2D eigenvalue weighted by atomic mass is 35.5. The summed E-state index contributed by atoms with van der Waals surface area (Å²) in [5.41, 5.74) is 0.844. The van der Waals surface area contributed by atoms with Crippen molar-refractivity contribution in [3.63, 3.8) is 0 Å². The summed E-state index contributed by atoms with van der Waals surface area (Å²) in [7, 11) is 1.57. The number of aromatic carboxylic acids is 1. The molecule has 1 atom stereocenters. The van der Waals surface area contributed by atoms with Gasteiger partial charge < -0.3 is 10.4 Å². The molecule has 2 N–H and O–H groups in total. The molecule has 3 rings (SSSR count). The van der Waals surface area contributed by atoms with Gasteiger partial charge in [0, 0.05) is 29.2 Å². The van der Waals surface area contributed by atoms with Crippen molar-refractivity contribution in [1.29, 1.82) is 0 Å². The Morgan fingerprint density at radius 1 is 1.21 bits per heavy atom. The van der Waals surface area contributed by atoms with Crippen molar-refractivity contribution in [2.75, 3.05) is 12.4 Å². The van der Waals surface area contributed by atoms with Crippen LogP contribution in [0.15, 0.2) is 47.5 Å². The van der Waals surface area contributed by atoms with Gasteiger partial charge in [-0.25, -0.2) is 9.79 Å². The summed E-state index contributed by atoms with van der Waals surface area (Å²) < 4.78 is 0. The molecule has 0 aliphatic carbocycles. The minimum absolute atomic E-state index is 0.0130. The van der Waals surface area contributed by atoms with E-state index < -0.39 is 17.1 Å². The van der Waals surface area contributed by atoms with E-state index in [9.17, 15) is 14.4 Å². The molecule has 2 aromatic rings. The molecule has 1 unspecified atom stereocenters. The fraction of sp³-hybridized carbons (Fsp3) is 0.158. The number of nitrogens with zero attached hydrogens (tertiary/aromatic N) is 2. The molecule has 2 amide bonds. The van der Waals surface area contributed by atoms with Crippen LogP contribution in [0.25, 0.3) is 0 Å². The quantitative estimate of drug-likeness (QED) is 0.722. The molecule has 29 heavy (non-hydrogen) atoms. The van der Waals surface area contributed by atoms with Gasteiger partial charge in [-0.2, -0.15) is 0 Å². The van der Waals surface area contributed by atoms with Crippen LogP contribution in [0.4, 0.5) is 11.4 Å². The Bertz CT molecular complexity index is 1010. The van der Waals surface area contributed by atoms with Gasteiger partial charge in [0.15, 0.2) is 5.17 Å². The number of nitrogens with one attached hydrogen (secondary N) is 1. The first-order valence-corrected chi connectivity index (χ1v) is 9.98. The smallest absolute Gasteiger partial charge is 0.335 e. The summed E-state index contributed by atoms with van der Waals surface area (Å²) in [4.78, 5) is 41.9. The Morgan fingerprint density at radius 2 is 1.90 bits per heavy atom. The van der Waals surface area contributed by atoms with Crippen molar-refractivity contribution >= 4 is 69.3 Å². The Balaban J connectivity index is 1.80. The Kier molecular flexibility index (Phi) is 6.46. The second kappa shape index (κ2) is 8.86. The van der Waals surface area contributed by atoms with Gasteiger partial charge in [-0.15, -0.1) is 0 Å². The summed E-state index contributed by atoms with van der Waals surface area (Å²) in [5.74, 6) is -1.79. The highest BCUT2D eigenvalue weighted by molar-refractivity contribution is 8.15. The van der Waals surface area contributed by atoms with Gasteiger partial charge in [-0.05, 0) is 36.4 Å². The molecule has 0 saturated carbocycles. The molecule has 150 valence electrons. The van der Waals surface area contributed by atoms with Crippen LogP contribution in [-0.4, -0.2) is 45.3 Å². The van der Waals surface area contributed by atoms with Crippen LogP contribution in [0.5, 0.6) is 0 Å². The first kappa shape index (κ1) is 21.2. The lowest BCUT2D eigenvalue weighted by Crippen LogP contribution is -2.43. The van der Waals surface area contributed by atoms with Crippen molar-refractivity contribution in [2.45, 2.75) is 11.7 Å². The van der Waals surface area contributed by atoms with E-state index >= 15 is 0 Å². The van der Waals surface area contributed by atoms with Gasteiger partial charge in [-0.1, -0.05) is 41.0 Å². The van der Waals surface area contributed by atoms with E-state index in [-0.39, 0.29) is 17.9 Å². The van der Waals surface area contributed by atoms with Crippen LogP contribution in [0.1, 0.15) is 16.8 Å². The maximum absolute atomic E-state index is 12.7. The van der Waals surface area contributed by atoms with Crippen LogP contribution in [-0.2, 0) is 9.59 Å². The number of thioether (sulfide) groups is 1. The molecule has 0 radical (unpaired) electrons. The third kappa shape index (κ3) is 5.29. The fourth-order valence-corrected chi connectivity index (χ4v) is 4.14. The summed E-state index contributed by atoms with van der Waals surface area (Å²) >= 11 is 13.1. The second-order valence-electron chi connectivity index (χ2n) is 6.16.